The smallest absolute Gasteiger partial charge is 0.256 e. The molecule has 4 heterocycles. The zero-order chi connectivity index (χ0) is 24.0. The molecule has 1 amide bonds. The predicted molar refractivity (Wildman–Crippen MR) is 128 cm³/mol. The van der Waals surface area contributed by atoms with E-state index in [1.54, 1.807) is 0 Å². The highest BCUT2D eigenvalue weighted by molar-refractivity contribution is 5.61. The summed E-state index contributed by atoms with van der Waals surface area (Å²) in [5.74, 6) is -1.19. The van der Waals surface area contributed by atoms with Crippen LogP contribution in [0, 0.1) is 5.92 Å². The Kier molecular flexibility index (Phi) is 5.84. The largest absolute Gasteiger partial charge is 0.344 e. The van der Waals surface area contributed by atoms with Crippen molar-refractivity contribution in [3.63, 3.8) is 0 Å². The van der Waals surface area contributed by atoms with E-state index < -0.39 is 11.8 Å². The first-order chi connectivity index (χ1) is 17.0. The van der Waals surface area contributed by atoms with Gasteiger partial charge in [-0.3, -0.25) is 9.89 Å². The topological polar surface area (TPSA) is 90.0 Å². The molecule has 1 saturated carbocycles. The summed E-state index contributed by atoms with van der Waals surface area (Å²) in [6.45, 7) is 0.825. The van der Waals surface area contributed by atoms with Crippen molar-refractivity contribution in [3.8, 4) is 0 Å². The van der Waals surface area contributed by atoms with Crippen molar-refractivity contribution in [2.45, 2.75) is 82.1 Å². The molecule has 6 rings (SSSR count). The number of rotatable bonds is 6. The Bertz CT molecular complexity index is 1080. The number of carbonyl (C=O) groups excluding carboxylic acids is 1. The molecule has 2 atom stereocenters. The zero-order valence-corrected chi connectivity index (χ0v) is 20.0. The summed E-state index contributed by atoms with van der Waals surface area (Å²) in [6.07, 6.45) is 9.55. The van der Waals surface area contributed by atoms with Gasteiger partial charge in [-0.2, -0.15) is 10.1 Å². The van der Waals surface area contributed by atoms with E-state index in [-0.39, 0.29) is 25.6 Å². The van der Waals surface area contributed by atoms with Gasteiger partial charge in [-0.1, -0.05) is 12.8 Å². The Balaban J connectivity index is 1.28. The molecule has 188 valence electrons. The minimum absolute atomic E-state index is 0.0743. The van der Waals surface area contributed by atoms with E-state index in [4.69, 9.17) is 9.97 Å². The molecule has 2 N–H and O–H groups in total. The molecule has 10 heteroatoms. The van der Waals surface area contributed by atoms with Crippen molar-refractivity contribution in [2.75, 3.05) is 29.9 Å². The summed E-state index contributed by atoms with van der Waals surface area (Å²) in [5.41, 5.74) is 3.26. The van der Waals surface area contributed by atoms with Gasteiger partial charge in [0, 0.05) is 55.3 Å². The number of hydrogen-bond donors (Lipinski definition) is 2. The highest BCUT2D eigenvalue weighted by atomic mass is 19.3. The van der Waals surface area contributed by atoms with E-state index in [2.05, 4.69) is 21.6 Å². The molecule has 0 spiro atoms. The summed E-state index contributed by atoms with van der Waals surface area (Å²) in [5, 5.41) is 11.1. The number of nitrogens with one attached hydrogen (secondary N) is 2. The minimum Gasteiger partial charge on any atom is -0.344 e. The Morgan fingerprint density at radius 2 is 1.94 bits per heavy atom. The second kappa shape index (κ2) is 9.02. The number of aryl methyl sites for hydroxylation is 1. The SMILES string of the molecule is O=CN1CCC(F)(F)C(C2CCCN2c2nc3c(c(Nc4cc(C5CCCC5)[nH]n4)n2)CCC3)C1. The minimum atomic E-state index is -2.81. The molecular weight excluding hydrogens is 452 g/mol. The van der Waals surface area contributed by atoms with Crippen molar-refractivity contribution in [3.05, 3.63) is 23.0 Å². The van der Waals surface area contributed by atoms with Gasteiger partial charge in [0.05, 0.1) is 11.6 Å². The molecule has 2 saturated heterocycles. The Hall–Kier alpha value is -2.78. The second-order valence-corrected chi connectivity index (χ2v) is 10.6. The Labute approximate surface area is 203 Å². The molecule has 3 fully saturated rings. The maximum absolute atomic E-state index is 15.0. The highest BCUT2D eigenvalue weighted by Crippen LogP contribution is 2.42. The molecular formula is C25H33F2N7O. The van der Waals surface area contributed by atoms with Crippen molar-refractivity contribution < 1.29 is 13.6 Å². The van der Waals surface area contributed by atoms with Crippen molar-refractivity contribution in [2.24, 2.45) is 5.92 Å². The lowest BCUT2D eigenvalue weighted by atomic mass is 9.86. The summed E-state index contributed by atoms with van der Waals surface area (Å²) in [6, 6.07) is 1.69. The van der Waals surface area contributed by atoms with Gasteiger partial charge in [0.1, 0.15) is 5.82 Å². The van der Waals surface area contributed by atoms with Crippen LogP contribution < -0.4 is 10.2 Å². The Morgan fingerprint density at radius 1 is 1.09 bits per heavy atom. The number of aromatic amines is 1. The van der Waals surface area contributed by atoms with Crippen LogP contribution >= 0.6 is 0 Å². The predicted octanol–water partition coefficient (Wildman–Crippen LogP) is 4.17. The van der Waals surface area contributed by atoms with Crippen molar-refractivity contribution in [1.29, 1.82) is 0 Å². The molecule has 35 heavy (non-hydrogen) atoms. The van der Waals surface area contributed by atoms with Crippen LogP contribution in [0.15, 0.2) is 6.07 Å². The van der Waals surface area contributed by atoms with Crippen LogP contribution in [0.2, 0.25) is 0 Å². The molecule has 0 radical (unpaired) electrons. The maximum Gasteiger partial charge on any atom is 0.256 e. The number of nitrogens with zero attached hydrogens (tertiary/aromatic N) is 5. The normalized spacial score (nSPS) is 26.3. The molecule has 0 aromatic carbocycles. The number of aromatic nitrogens is 4. The van der Waals surface area contributed by atoms with E-state index >= 15 is 8.78 Å². The molecule has 2 unspecified atom stereocenters. The number of likely N-dealkylation sites (tertiary alicyclic amines) is 1. The van der Waals surface area contributed by atoms with E-state index in [0.717, 1.165) is 54.3 Å². The molecule has 4 aliphatic rings. The molecule has 2 aromatic heterocycles. The van der Waals surface area contributed by atoms with Gasteiger partial charge < -0.3 is 15.1 Å². The van der Waals surface area contributed by atoms with Crippen LogP contribution in [-0.4, -0.2) is 63.1 Å². The van der Waals surface area contributed by atoms with Gasteiger partial charge in [-0.15, -0.1) is 0 Å². The number of alkyl halides is 2. The molecule has 0 bridgehead atoms. The fraction of sp³-hybridized carbons (Fsp3) is 0.680. The van der Waals surface area contributed by atoms with Crippen LogP contribution in [-0.2, 0) is 17.6 Å². The maximum atomic E-state index is 15.0. The first kappa shape index (κ1) is 22.7. The monoisotopic (exact) mass is 485 g/mol. The molecule has 8 nitrogen and oxygen atoms in total. The number of fused-ring (bicyclic) bond motifs is 1. The van der Waals surface area contributed by atoms with Gasteiger partial charge in [-0.05, 0) is 44.9 Å². The standard InChI is InChI=1S/C25H33F2N7O/c26-25(27)10-12-33(15-35)14-18(25)21-9-4-11-34(21)24-28-19-8-3-7-17(19)23(30-24)29-22-13-20(31-32-22)16-5-1-2-6-16/h13,15-16,18,21H,1-12,14H2,(H2,28,29,30,31,32). The van der Waals surface area contributed by atoms with Gasteiger partial charge in [0.25, 0.3) is 5.92 Å². The summed E-state index contributed by atoms with van der Waals surface area (Å²) >= 11 is 0. The summed E-state index contributed by atoms with van der Waals surface area (Å²) in [4.78, 5) is 24.5. The van der Waals surface area contributed by atoms with Crippen LogP contribution in [0.5, 0.6) is 0 Å². The second-order valence-electron chi connectivity index (χ2n) is 10.6. The molecule has 2 aromatic rings. The van der Waals surface area contributed by atoms with E-state index in [1.807, 2.05) is 4.90 Å². The lowest BCUT2D eigenvalue weighted by Crippen LogP contribution is -2.54. The molecule has 2 aliphatic carbocycles. The zero-order valence-electron chi connectivity index (χ0n) is 20.0. The third-order valence-corrected chi connectivity index (χ3v) is 8.44. The van der Waals surface area contributed by atoms with Crippen LogP contribution in [0.3, 0.4) is 0 Å². The molecule has 2 aliphatic heterocycles. The van der Waals surface area contributed by atoms with Crippen LogP contribution in [0.4, 0.5) is 26.4 Å². The van der Waals surface area contributed by atoms with Crippen LogP contribution in [0.25, 0.3) is 0 Å². The Morgan fingerprint density at radius 3 is 2.77 bits per heavy atom. The number of amides is 1. The number of hydrogen-bond acceptors (Lipinski definition) is 6. The van der Waals surface area contributed by atoms with Crippen molar-refractivity contribution >= 4 is 24.0 Å². The van der Waals surface area contributed by atoms with E-state index in [9.17, 15) is 4.79 Å². The first-order valence-electron chi connectivity index (χ1n) is 13.1. The van der Waals surface area contributed by atoms with Crippen LogP contribution in [0.1, 0.15) is 74.2 Å². The fourth-order valence-electron chi connectivity index (χ4n) is 6.53. The number of carbonyl (C=O) groups is 1. The third kappa shape index (κ3) is 4.25. The first-order valence-corrected chi connectivity index (χ1v) is 13.1. The highest BCUT2D eigenvalue weighted by Gasteiger charge is 2.51. The van der Waals surface area contributed by atoms with Gasteiger partial charge in [0.15, 0.2) is 5.82 Å². The van der Waals surface area contributed by atoms with Gasteiger partial charge in [0.2, 0.25) is 12.4 Å². The van der Waals surface area contributed by atoms with Crippen molar-refractivity contribution in [1.82, 2.24) is 25.1 Å². The number of H-pyrrole nitrogens is 1. The summed E-state index contributed by atoms with van der Waals surface area (Å²) < 4.78 is 30.0. The van der Waals surface area contributed by atoms with E-state index in [0.29, 0.717) is 31.2 Å². The summed E-state index contributed by atoms with van der Waals surface area (Å²) in [7, 11) is 0. The third-order valence-electron chi connectivity index (χ3n) is 8.44. The average Bonchev–Trinajstić information content (AvgIpc) is 3.65. The fourth-order valence-corrected chi connectivity index (χ4v) is 6.53. The number of halogens is 2. The number of anilines is 3. The van der Waals surface area contributed by atoms with Gasteiger partial charge >= 0.3 is 0 Å². The van der Waals surface area contributed by atoms with Gasteiger partial charge in [-0.25, -0.2) is 13.8 Å². The quantitative estimate of drug-likeness (QED) is 0.597. The number of piperidine rings is 1. The lowest BCUT2D eigenvalue weighted by molar-refractivity contribution is -0.136. The lowest BCUT2D eigenvalue weighted by Gasteiger charge is -2.42. The average molecular weight is 486 g/mol. The van der Waals surface area contributed by atoms with E-state index in [1.165, 1.54) is 30.6 Å².